The van der Waals surface area contributed by atoms with E-state index in [4.69, 9.17) is 4.99 Å². The molecule has 2 N–H and O–H groups in total. The van der Waals surface area contributed by atoms with Crippen LogP contribution in [0.2, 0.25) is 0 Å². The van der Waals surface area contributed by atoms with Crippen molar-refractivity contribution in [2.75, 3.05) is 33.2 Å². The minimum absolute atomic E-state index is 0. The first-order chi connectivity index (χ1) is 11.2. The third-order valence-electron chi connectivity index (χ3n) is 5.30. The van der Waals surface area contributed by atoms with Gasteiger partial charge in [-0.05, 0) is 51.8 Å². The molecule has 1 heterocycles. The van der Waals surface area contributed by atoms with Crippen LogP contribution in [0, 0.1) is 0 Å². The van der Waals surface area contributed by atoms with Crippen molar-refractivity contribution in [3.63, 3.8) is 0 Å². The lowest BCUT2D eigenvalue weighted by Crippen LogP contribution is -2.44. The summed E-state index contributed by atoms with van der Waals surface area (Å²) < 4.78 is 0. The molecule has 1 aliphatic heterocycles. The second-order valence-corrected chi connectivity index (χ2v) is 7.00. The molecule has 3 rings (SSSR count). The smallest absolute Gasteiger partial charge is 0.191 e. The Bertz CT molecular complexity index is 527. The highest BCUT2D eigenvalue weighted by Crippen LogP contribution is 2.48. The number of benzene rings is 1. The van der Waals surface area contributed by atoms with Crippen molar-refractivity contribution < 1.29 is 0 Å². The van der Waals surface area contributed by atoms with Gasteiger partial charge in [0, 0.05) is 24.5 Å². The van der Waals surface area contributed by atoms with Crippen LogP contribution in [0.15, 0.2) is 35.3 Å². The molecule has 134 valence electrons. The van der Waals surface area contributed by atoms with E-state index in [0.29, 0.717) is 6.04 Å². The van der Waals surface area contributed by atoms with Gasteiger partial charge >= 0.3 is 0 Å². The fraction of sp³-hybridized carbons (Fsp3) is 0.632. The lowest BCUT2D eigenvalue weighted by Gasteiger charge is -2.22. The van der Waals surface area contributed by atoms with Gasteiger partial charge in [-0.3, -0.25) is 4.99 Å². The molecule has 1 unspecified atom stereocenters. The quantitative estimate of drug-likeness (QED) is 0.404. The normalized spacial score (nSPS) is 22.8. The predicted octanol–water partition coefficient (Wildman–Crippen LogP) is 2.99. The monoisotopic (exact) mass is 442 g/mol. The molecule has 5 heteroatoms. The molecule has 2 fully saturated rings. The summed E-state index contributed by atoms with van der Waals surface area (Å²) in [6, 6.07) is 11.5. The molecular formula is C19H31IN4. The summed E-state index contributed by atoms with van der Waals surface area (Å²) in [5.74, 6) is 0.968. The maximum Gasteiger partial charge on any atom is 0.191 e. The van der Waals surface area contributed by atoms with E-state index in [1.165, 1.54) is 37.8 Å². The lowest BCUT2D eigenvalue weighted by molar-refractivity contribution is 0.309. The first kappa shape index (κ1) is 19.5. The number of nitrogens with zero attached hydrogens (tertiary/aromatic N) is 2. The van der Waals surface area contributed by atoms with Crippen LogP contribution in [0.25, 0.3) is 0 Å². The first-order valence-corrected chi connectivity index (χ1v) is 9.01. The zero-order valence-corrected chi connectivity index (χ0v) is 17.3. The van der Waals surface area contributed by atoms with E-state index >= 15 is 0 Å². The Morgan fingerprint density at radius 3 is 2.58 bits per heavy atom. The van der Waals surface area contributed by atoms with E-state index in [1.54, 1.807) is 0 Å². The third-order valence-corrected chi connectivity index (χ3v) is 5.30. The van der Waals surface area contributed by atoms with E-state index in [9.17, 15) is 0 Å². The summed E-state index contributed by atoms with van der Waals surface area (Å²) >= 11 is 0. The van der Waals surface area contributed by atoms with Gasteiger partial charge in [-0.15, -0.1) is 24.0 Å². The maximum atomic E-state index is 4.89. The number of hydrogen-bond donors (Lipinski definition) is 2. The Hall–Kier alpha value is -0.820. The van der Waals surface area contributed by atoms with Crippen molar-refractivity contribution in [3.8, 4) is 0 Å². The summed E-state index contributed by atoms with van der Waals surface area (Å²) in [7, 11) is 2.22. The van der Waals surface area contributed by atoms with Crippen molar-refractivity contribution in [2.45, 2.75) is 44.1 Å². The first-order valence-electron chi connectivity index (χ1n) is 9.01. The summed E-state index contributed by atoms with van der Waals surface area (Å²) in [6.45, 7) is 6.12. The summed E-state index contributed by atoms with van der Waals surface area (Å²) in [6.07, 6.45) is 5.11. The number of likely N-dealkylation sites (N-methyl/N-ethyl adjacent to an activating group) is 1. The van der Waals surface area contributed by atoms with Gasteiger partial charge in [0.1, 0.15) is 0 Å². The second kappa shape index (κ2) is 9.04. The molecule has 0 spiro atoms. The van der Waals surface area contributed by atoms with Crippen LogP contribution in [0.3, 0.4) is 0 Å². The fourth-order valence-electron chi connectivity index (χ4n) is 3.50. The van der Waals surface area contributed by atoms with Crippen molar-refractivity contribution in [1.29, 1.82) is 0 Å². The number of guanidine groups is 1. The average molecular weight is 442 g/mol. The average Bonchev–Trinajstić information content (AvgIpc) is 3.27. The van der Waals surface area contributed by atoms with Gasteiger partial charge in [-0.1, -0.05) is 30.3 Å². The Morgan fingerprint density at radius 2 is 2.00 bits per heavy atom. The Morgan fingerprint density at radius 1 is 1.25 bits per heavy atom. The van der Waals surface area contributed by atoms with Gasteiger partial charge in [0.05, 0.1) is 6.54 Å². The van der Waals surface area contributed by atoms with E-state index in [1.807, 2.05) is 0 Å². The Labute approximate surface area is 163 Å². The van der Waals surface area contributed by atoms with E-state index < -0.39 is 0 Å². The van der Waals surface area contributed by atoms with Crippen LogP contribution in [0.5, 0.6) is 0 Å². The standard InChI is InChI=1S/C19H30N4.HI/c1-3-20-18(21-14-17-10-7-13-23(17)2)22-15-19(11-12-19)16-8-5-4-6-9-16;/h4-6,8-9,17H,3,7,10-15H2,1-2H3,(H2,20,21,22);1H. The van der Waals surface area contributed by atoms with Crippen LogP contribution in [-0.4, -0.2) is 50.1 Å². The lowest BCUT2D eigenvalue weighted by atomic mass is 9.96. The number of nitrogens with one attached hydrogen (secondary N) is 2. The molecule has 1 saturated heterocycles. The van der Waals surface area contributed by atoms with Crippen LogP contribution in [0.4, 0.5) is 0 Å². The van der Waals surface area contributed by atoms with Crippen LogP contribution in [-0.2, 0) is 5.41 Å². The summed E-state index contributed by atoms with van der Waals surface area (Å²) in [5.41, 5.74) is 1.73. The van der Waals surface area contributed by atoms with Crippen LogP contribution in [0.1, 0.15) is 38.2 Å². The van der Waals surface area contributed by atoms with Gasteiger partial charge < -0.3 is 15.5 Å². The van der Waals surface area contributed by atoms with E-state index in [-0.39, 0.29) is 29.4 Å². The second-order valence-electron chi connectivity index (χ2n) is 7.00. The minimum Gasteiger partial charge on any atom is -0.357 e. The van der Waals surface area contributed by atoms with Crippen molar-refractivity contribution in [3.05, 3.63) is 35.9 Å². The van der Waals surface area contributed by atoms with Crippen molar-refractivity contribution in [2.24, 2.45) is 4.99 Å². The van der Waals surface area contributed by atoms with Gasteiger partial charge in [0.15, 0.2) is 5.96 Å². The molecule has 4 nitrogen and oxygen atoms in total. The number of likely N-dealkylation sites (tertiary alicyclic amines) is 1. The zero-order chi connectivity index (χ0) is 16.1. The molecule has 0 bridgehead atoms. The van der Waals surface area contributed by atoms with Crippen LogP contribution < -0.4 is 10.6 Å². The number of halogens is 1. The molecule has 0 aromatic heterocycles. The fourth-order valence-corrected chi connectivity index (χ4v) is 3.50. The predicted molar refractivity (Wildman–Crippen MR) is 112 cm³/mol. The SMILES string of the molecule is CCNC(=NCC1(c2ccccc2)CC1)NCC1CCCN1C.I. The van der Waals surface area contributed by atoms with Crippen molar-refractivity contribution >= 4 is 29.9 Å². The van der Waals surface area contributed by atoms with Gasteiger partial charge in [-0.25, -0.2) is 0 Å². The minimum atomic E-state index is 0. The van der Waals surface area contributed by atoms with Gasteiger partial charge in [0.2, 0.25) is 0 Å². The molecule has 0 amide bonds. The molecule has 2 aliphatic rings. The van der Waals surface area contributed by atoms with Crippen molar-refractivity contribution in [1.82, 2.24) is 15.5 Å². The Kier molecular flexibility index (Phi) is 7.34. The number of rotatable bonds is 6. The molecule has 1 atom stereocenters. The summed E-state index contributed by atoms with van der Waals surface area (Å²) in [4.78, 5) is 7.33. The highest BCUT2D eigenvalue weighted by molar-refractivity contribution is 14.0. The molecule has 1 saturated carbocycles. The zero-order valence-electron chi connectivity index (χ0n) is 14.9. The topological polar surface area (TPSA) is 39.7 Å². The van der Waals surface area contributed by atoms with Crippen LogP contribution >= 0.6 is 24.0 Å². The largest absolute Gasteiger partial charge is 0.357 e. The molecule has 1 aromatic rings. The molecule has 24 heavy (non-hydrogen) atoms. The molecule has 0 radical (unpaired) electrons. The highest BCUT2D eigenvalue weighted by atomic mass is 127. The molecule has 1 aliphatic carbocycles. The maximum absolute atomic E-state index is 4.89. The molecular weight excluding hydrogens is 411 g/mol. The number of aliphatic imine (C=N–C) groups is 1. The van der Waals surface area contributed by atoms with Gasteiger partial charge in [-0.2, -0.15) is 0 Å². The van der Waals surface area contributed by atoms with Gasteiger partial charge in [0.25, 0.3) is 0 Å². The van der Waals surface area contributed by atoms with E-state index in [0.717, 1.165) is 25.6 Å². The molecule has 1 aromatic carbocycles. The third kappa shape index (κ3) is 4.85. The highest BCUT2D eigenvalue weighted by Gasteiger charge is 2.44. The number of hydrogen-bond acceptors (Lipinski definition) is 2. The van der Waals surface area contributed by atoms with E-state index in [2.05, 4.69) is 59.8 Å². The summed E-state index contributed by atoms with van der Waals surface area (Å²) in [5, 5.41) is 6.94. The Balaban J connectivity index is 0.00000208.